The van der Waals surface area contributed by atoms with E-state index in [-0.39, 0.29) is 5.75 Å². The van der Waals surface area contributed by atoms with Crippen molar-refractivity contribution < 1.29 is 14.9 Å². The zero-order valence-electron chi connectivity index (χ0n) is 8.63. The molecule has 0 aliphatic carbocycles. The molecule has 2 unspecified atom stereocenters. The van der Waals surface area contributed by atoms with Gasteiger partial charge >= 0.3 is 0 Å². The van der Waals surface area contributed by atoms with E-state index >= 15 is 0 Å². The third-order valence-electron chi connectivity index (χ3n) is 2.06. The molecule has 3 nitrogen and oxygen atoms in total. The van der Waals surface area contributed by atoms with Crippen LogP contribution in [-0.4, -0.2) is 28.7 Å². The van der Waals surface area contributed by atoms with E-state index in [1.807, 2.05) is 13.0 Å². The summed E-state index contributed by atoms with van der Waals surface area (Å²) in [4.78, 5) is 0. The van der Waals surface area contributed by atoms with Crippen molar-refractivity contribution in [2.24, 2.45) is 0 Å². The summed E-state index contributed by atoms with van der Waals surface area (Å²) < 4.78 is 5.30. The summed E-state index contributed by atoms with van der Waals surface area (Å²) in [5, 5.41) is 19.2. The summed E-state index contributed by atoms with van der Waals surface area (Å²) in [5.74, 6) is 0.917. The van der Waals surface area contributed by atoms with E-state index < -0.39 is 12.2 Å². The molecule has 15 heavy (non-hydrogen) atoms. The summed E-state index contributed by atoms with van der Waals surface area (Å²) in [6.45, 7) is 2.47. The van der Waals surface area contributed by atoms with Crippen molar-refractivity contribution in [2.75, 3.05) is 12.4 Å². The second-order valence-electron chi connectivity index (χ2n) is 3.20. The topological polar surface area (TPSA) is 49.7 Å². The molecule has 1 aromatic rings. The first-order valence-corrected chi connectivity index (χ1v) is 5.52. The van der Waals surface area contributed by atoms with Gasteiger partial charge < -0.3 is 14.9 Å². The van der Waals surface area contributed by atoms with Crippen LogP contribution < -0.4 is 4.74 Å². The number of ether oxygens (including phenoxy) is 1. The quantitative estimate of drug-likeness (QED) is 0.668. The number of aliphatic hydroxyl groups is 2. The van der Waals surface area contributed by atoms with Crippen molar-refractivity contribution in [2.45, 2.75) is 19.1 Å². The Morgan fingerprint density at radius 3 is 2.73 bits per heavy atom. The van der Waals surface area contributed by atoms with Crippen LogP contribution in [0.15, 0.2) is 24.3 Å². The standard InChI is InChI=1S/C11H16O3S/c1-2-14-9-5-3-4-8(6-9)11(13)10(12)7-15/h3-6,10-13,15H,2,7H2,1H3. The van der Waals surface area contributed by atoms with Gasteiger partial charge in [-0.2, -0.15) is 12.6 Å². The lowest BCUT2D eigenvalue weighted by molar-refractivity contribution is 0.0336. The molecule has 4 heteroatoms. The number of hydrogen-bond acceptors (Lipinski definition) is 4. The van der Waals surface area contributed by atoms with Crippen molar-refractivity contribution in [3.05, 3.63) is 29.8 Å². The maximum Gasteiger partial charge on any atom is 0.119 e. The van der Waals surface area contributed by atoms with Crippen LogP contribution in [0, 0.1) is 0 Å². The Kier molecular flexibility index (Phi) is 4.94. The van der Waals surface area contributed by atoms with Crippen LogP contribution in [0.5, 0.6) is 5.75 Å². The molecule has 0 spiro atoms. The molecule has 0 amide bonds. The smallest absolute Gasteiger partial charge is 0.119 e. The van der Waals surface area contributed by atoms with Crippen LogP contribution in [0.25, 0.3) is 0 Å². The third-order valence-corrected chi connectivity index (χ3v) is 2.44. The Hall–Kier alpha value is -0.710. The van der Waals surface area contributed by atoms with Crippen LogP contribution >= 0.6 is 12.6 Å². The van der Waals surface area contributed by atoms with E-state index in [1.54, 1.807) is 18.2 Å². The van der Waals surface area contributed by atoms with E-state index in [4.69, 9.17) is 4.74 Å². The highest BCUT2D eigenvalue weighted by Crippen LogP contribution is 2.22. The predicted molar refractivity (Wildman–Crippen MR) is 62.4 cm³/mol. The Labute approximate surface area is 95.1 Å². The Morgan fingerprint density at radius 1 is 1.40 bits per heavy atom. The lowest BCUT2D eigenvalue weighted by atomic mass is 10.1. The minimum absolute atomic E-state index is 0.222. The van der Waals surface area contributed by atoms with Crippen LogP contribution in [0.2, 0.25) is 0 Å². The molecule has 84 valence electrons. The zero-order chi connectivity index (χ0) is 11.3. The monoisotopic (exact) mass is 228 g/mol. The molecule has 1 rings (SSSR count). The molecule has 0 aliphatic heterocycles. The first-order chi connectivity index (χ1) is 7.19. The largest absolute Gasteiger partial charge is 0.494 e. The minimum atomic E-state index is -0.914. The van der Waals surface area contributed by atoms with Gasteiger partial charge in [0.15, 0.2) is 0 Å². The summed E-state index contributed by atoms with van der Waals surface area (Å²) in [6, 6.07) is 7.07. The average molecular weight is 228 g/mol. The van der Waals surface area contributed by atoms with Gasteiger partial charge in [0.05, 0.1) is 12.7 Å². The highest BCUT2D eigenvalue weighted by Gasteiger charge is 2.16. The van der Waals surface area contributed by atoms with Crippen molar-refractivity contribution in [1.82, 2.24) is 0 Å². The summed E-state index contributed by atoms with van der Waals surface area (Å²) in [6.07, 6.45) is -1.77. The van der Waals surface area contributed by atoms with E-state index in [2.05, 4.69) is 12.6 Å². The molecular weight excluding hydrogens is 212 g/mol. The van der Waals surface area contributed by atoms with Crippen LogP contribution in [-0.2, 0) is 0 Å². The highest BCUT2D eigenvalue weighted by molar-refractivity contribution is 7.80. The number of rotatable bonds is 5. The molecular formula is C11H16O3S. The van der Waals surface area contributed by atoms with Crippen molar-refractivity contribution in [3.8, 4) is 5.75 Å². The SMILES string of the molecule is CCOc1cccc(C(O)C(O)CS)c1. The van der Waals surface area contributed by atoms with Gasteiger partial charge in [0.1, 0.15) is 11.9 Å². The summed E-state index contributed by atoms with van der Waals surface area (Å²) in [5.41, 5.74) is 0.641. The third kappa shape index (κ3) is 3.41. The van der Waals surface area contributed by atoms with Gasteiger partial charge in [0.2, 0.25) is 0 Å². The second-order valence-corrected chi connectivity index (χ2v) is 3.57. The summed E-state index contributed by atoms with van der Waals surface area (Å²) in [7, 11) is 0. The molecule has 2 N–H and O–H groups in total. The van der Waals surface area contributed by atoms with Crippen LogP contribution in [0.3, 0.4) is 0 Å². The van der Waals surface area contributed by atoms with Crippen molar-refractivity contribution in [1.29, 1.82) is 0 Å². The number of aliphatic hydroxyl groups excluding tert-OH is 2. The van der Waals surface area contributed by atoms with Crippen molar-refractivity contribution >= 4 is 12.6 Å². The lowest BCUT2D eigenvalue weighted by Gasteiger charge is -2.16. The molecule has 0 bridgehead atoms. The van der Waals surface area contributed by atoms with E-state index in [1.165, 1.54) is 0 Å². The van der Waals surface area contributed by atoms with Gasteiger partial charge in [-0.25, -0.2) is 0 Å². The fraction of sp³-hybridized carbons (Fsp3) is 0.455. The summed E-state index contributed by atoms with van der Waals surface area (Å²) >= 11 is 3.93. The predicted octanol–water partition coefficient (Wildman–Crippen LogP) is 1.41. The van der Waals surface area contributed by atoms with E-state index in [0.29, 0.717) is 17.9 Å². The number of thiol groups is 1. The maximum atomic E-state index is 9.73. The highest BCUT2D eigenvalue weighted by atomic mass is 32.1. The molecule has 0 radical (unpaired) electrons. The average Bonchev–Trinajstić information content (AvgIpc) is 2.28. The van der Waals surface area contributed by atoms with Crippen molar-refractivity contribution in [3.63, 3.8) is 0 Å². The minimum Gasteiger partial charge on any atom is -0.494 e. The maximum absolute atomic E-state index is 9.73. The van der Waals surface area contributed by atoms with Gasteiger partial charge in [-0.05, 0) is 24.6 Å². The normalized spacial score (nSPS) is 14.7. The Bertz CT molecular complexity index is 304. The van der Waals surface area contributed by atoms with Crippen LogP contribution in [0.4, 0.5) is 0 Å². The van der Waals surface area contributed by atoms with Gasteiger partial charge in [-0.3, -0.25) is 0 Å². The first-order valence-electron chi connectivity index (χ1n) is 4.88. The molecule has 1 aromatic carbocycles. The Morgan fingerprint density at radius 2 is 2.13 bits per heavy atom. The molecule has 0 saturated carbocycles. The molecule has 0 aromatic heterocycles. The first kappa shape index (κ1) is 12.4. The number of hydrogen-bond donors (Lipinski definition) is 3. The van der Waals surface area contributed by atoms with Gasteiger partial charge in [0, 0.05) is 5.75 Å². The molecule has 0 aliphatic rings. The number of benzene rings is 1. The van der Waals surface area contributed by atoms with Gasteiger partial charge in [0.25, 0.3) is 0 Å². The van der Waals surface area contributed by atoms with E-state index in [0.717, 1.165) is 0 Å². The lowest BCUT2D eigenvalue weighted by Crippen LogP contribution is -2.19. The molecule has 0 saturated heterocycles. The molecule has 2 atom stereocenters. The fourth-order valence-corrected chi connectivity index (χ4v) is 1.48. The Balaban J connectivity index is 2.80. The van der Waals surface area contributed by atoms with E-state index in [9.17, 15) is 10.2 Å². The molecule has 0 fully saturated rings. The fourth-order valence-electron chi connectivity index (χ4n) is 1.28. The zero-order valence-corrected chi connectivity index (χ0v) is 9.52. The second kappa shape index (κ2) is 6.00. The van der Waals surface area contributed by atoms with Gasteiger partial charge in [-0.15, -0.1) is 0 Å². The van der Waals surface area contributed by atoms with Gasteiger partial charge in [-0.1, -0.05) is 12.1 Å². The molecule has 0 heterocycles. The van der Waals surface area contributed by atoms with Crippen LogP contribution in [0.1, 0.15) is 18.6 Å².